The van der Waals surface area contributed by atoms with Crippen LogP contribution in [0.5, 0.6) is 0 Å². The third kappa shape index (κ3) is 2.13. The Balaban J connectivity index is 2.46. The van der Waals surface area contributed by atoms with Gasteiger partial charge in [-0.25, -0.2) is 4.98 Å². The van der Waals surface area contributed by atoms with Crippen molar-refractivity contribution < 1.29 is 0 Å². The molecule has 0 bridgehead atoms. The lowest BCUT2D eigenvalue weighted by molar-refractivity contribution is 0.957. The maximum atomic E-state index is 5.43. The van der Waals surface area contributed by atoms with E-state index in [0.29, 0.717) is 11.5 Å². The first-order valence-electron chi connectivity index (χ1n) is 4.32. The van der Waals surface area contributed by atoms with Gasteiger partial charge in [0.2, 0.25) is 5.82 Å². The zero-order valence-electron chi connectivity index (χ0n) is 7.79. The molecule has 0 radical (unpaired) electrons. The zero-order chi connectivity index (χ0) is 10.7. The molecule has 0 spiro atoms. The number of hydrogen-bond donors (Lipinski definition) is 1. The zero-order valence-corrected chi connectivity index (χ0v) is 8.61. The summed E-state index contributed by atoms with van der Waals surface area (Å²) in [5, 5.41) is 7.54. The van der Waals surface area contributed by atoms with Crippen molar-refractivity contribution in [2.75, 3.05) is 0 Å². The van der Waals surface area contributed by atoms with Gasteiger partial charge in [0.1, 0.15) is 4.99 Å². The van der Waals surface area contributed by atoms with Gasteiger partial charge in [-0.05, 0) is 0 Å². The van der Waals surface area contributed by atoms with Gasteiger partial charge in [0.25, 0.3) is 0 Å². The van der Waals surface area contributed by atoms with E-state index in [9.17, 15) is 0 Å². The van der Waals surface area contributed by atoms with Crippen molar-refractivity contribution >= 4 is 17.2 Å². The number of nitrogens with zero attached hydrogens (tertiary/aromatic N) is 3. The molecule has 4 nitrogen and oxygen atoms in total. The molecule has 0 amide bonds. The summed E-state index contributed by atoms with van der Waals surface area (Å²) < 4.78 is 0. The highest BCUT2D eigenvalue weighted by Crippen LogP contribution is 2.14. The molecule has 2 N–H and O–H groups in total. The predicted molar refractivity (Wildman–Crippen MR) is 61.2 cm³/mol. The van der Waals surface area contributed by atoms with Crippen LogP contribution in [0.2, 0.25) is 0 Å². The van der Waals surface area contributed by atoms with E-state index in [1.54, 1.807) is 6.20 Å². The smallest absolute Gasteiger partial charge is 0.209 e. The molecular formula is C10H8N4S. The molecule has 1 aromatic carbocycles. The van der Waals surface area contributed by atoms with Crippen LogP contribution >= 0.6 is 12.2 Å². The van der Waals surface area contributed by atoms with Crippen molar-refractivity contribution in [2.45, 2.75) is 0 Å². The minimum Gasteiger partial charge on any atom is -0.387 e. The van der Waals surface area contributed by atoms with E-state index in [0.717, 1.165) is 5.56 Å². The van der Waals surface area contributed by atoms with Gasteiger partial charge in [0.15, 0.2) is 0 Å². The molecule has 1 heterocycles. The lowest BCUT2D eigenvalue weighted by Crippen LogP contribution is -2.14. The Morgan fingerprint density at radius 3 is 2.60 bits per heavy atom. The summed E-state index contributed by atoms with van der Waals surface area (Å²) in [5.74, 6) is 0.298. The monoisotopic (exact) mass is 216 g/mol. The fraction of sp³-hybridized carbons (Fsp3) is 0. The van der Waals surface area contributed by atoms with Gasteiger partial charge in [0.05, 0.1) is 11.9 Å². The molecule has 74 valence electrons. The molecule has 0 aliphatic heterocycles. The van der Waals surface area contributed by atoms with Crippen LogP contribution in [0, 0.1) is 0 Å². The minimum atomic E-state index is 0.153. The minimum absolute atomic E-state index is 0.153. The molecule has 0 fully saturated rings. The van der Waals surface area contributed by atoms with Crippen LogP contribution in [0.1, 0.15) is 5.82 Å². The second-order valence-corrected chi connectivity index (χ2v) is 3.34. The average molecular weight is 216 g/mol. The lowest BCUT2D eigenvalue weighted by atomic mass is 10.2. The Hall–Kier alpha value is -1.88. The molecule has 1 aromatic heterocycles. The molecule has 0 unspecified atom stereocenters. The van der Waals surface area contributed by atoms with Crippen LogP contribution in [0.25, 0.3) is 11.3 Å². The molecule has 2 aromatic rings. The molecule has 0 atom stereocenters. The fourth-order valence-electron chi connectivity index (χ4n) is 1.16. The summed E-state index contributed by atoms with van der Waals surface area (Å²) >= 11 is 4.78. The number of hydrogen-bond acceptors (Lipinski definition) is 4. The Bertz CT molecular complexity index is 484. The highest BCUT2D eigenvalue weighted by molar-refractivity contribution is 7.80. The maximum Gasteiger partial charge on any atom is 0.209 e. The number of nitrogens with two attached hydrogens (primary N) is 1. The normalized spacial score (nSPS) is 9.87. The summed E-state index contributed by atoms with van der Waals surface area (Å²) in [6.45, 7) is 0. The van der Waals surface area contributed by atoms with Crippen LogP contribution in [0.3, 0.4) is 0 Å². The predicted octanol–water partition coefficient (Wildman–Crippen LogP) is 1.17. The largest absolute Gasteiger partial charge is 0.387 e. The Kier molecular flexibility index (Phi) is 2.64. The van der Waals surface area contributed by atoms with Crippen molar-refractivity contribution in [3.8, 4) is 11.3 Å². The van der Waals surface area contributed by atoms with Crippen molar-refractivity contribution in [1.82, 2.24) is 15.2 Å². The summed E-state index contributed by atoms with van der Waals surface area (Å²) in [4.78, 5) is 4.36. The molecule has 0 saturated carbocycles. The molecule has 0 saturated heterocycles. The lowest BCUT2D eigenvalue weighted by Gasteiger charge is -2.00. The fourth-order valence-corrected chi connectivity index (χ4v) is 1.24. The third-order valence-corrected chi connectivity index (χ3v) is 2.03. The number of aromatic nitrogens is 3. The topological polar surface area (TPSA) is 64.7 Å². The van der Waals surface area contributed by atoms with E-state index in [1.165, 1.54) is 0 Å². The van der Waals surface area contributed by atoms with E-state index in [-0.39, 0.29) is 4.99 Å². The first-order chi connectivity index (χ1) is 7.27. The Morgan fingerprint density at radius 1 is 1.20 bits per heavy atom. The van der Waals surface area contributed by atoms with E-state index in [2.05, 4.69) is 15.2 Å². The third-order valence-electron chi connectivity index (χ3n) is 1.85. The van der Waals surface area contributed by atoms with Gasteiger partial charge in [-0.2, -0.15) is 5.10 Å². The van der Waals surface area contributed by atoms with E-state index in [1.807, 2.05) is 30.3 Å². The van der Waals surface area contributed by atoms with Crippen LogP contribution in [-0.4, -0.2) is 20.2 Å². The van der Waals surface area contributed by atoms with Gasteiger partial charge in [-0.1, -0.05) is 42.5 Å². The van der Waals surface area contributed by atoms with Crippen molar-refractivity contribution in [3.05, 3.63) is 42.4 Å². The molecule has 0 aliphatic rings. The van der Waals surface area contributed by atoms with Crippen LogP contribution in [-0.2, 0) is 0 Å². The van der Waals surface area contributed by atoms with Gasteiger partial charge in [-0.15, -0.1) is 5.10 Å². The van der Waals surface area contributed by atoms with E-state index in [4.69, 9.17) is 18.0 Å². The van der Waals surface area contributed by atoms with Gasteiger partial charge in [-0.3, -0.25) is 0 Å². The molecule has 0 aliphatic carbocycles. The highest BCUT2D eigenvalue weighted by Gasteiger charge is 2.04. The van der Waals surface area contributed by atoms with E-state index >= 15 is 0 Å². The van der Waals surface area contributed by atoms with Crippen molar-refractivity contribution in [1.29, 1.82) is 0 Å². The first kappa shape index (κ1) is 9.67. The van der Waals surface area contributed by atoms with Crippen molar-refractivity contribution in [3.63, 3.8) is 0 Å². The molecular weight excluding hydrogens is 208 g/mol. The van der Waals surface area contributed by atoms with Crippen LogP contribution in [0.4, 0.5) is 0 Å². The molecule has 15 heavy (non-hydrogen) atoms. The standard InChI is InChI=1S/C10H8N4S/c11-9(15)10-13-8(6-12-14-10)7-4-2-1-3-5-7/h1-6H,(H2,11,15). The number of thiocarbonyl (C=S) groups is 1. The average Bonchev–Trinajstić information content (AvgIpc) is 2.30. The van der Waals surface area contributed by atoms with Gasteiger partial charge in [0, 0.05) is 5.56 Å². The van der Waals surface area contributed by atoms with Crippen LogP contribution in [0.15, 0.2) is 36.5 Å². The van der Waals surface area contributed by atoms with Gasteiger partial charge >= 0.3 is 0 Å². The summed E-state index contributed by atoms with van der Waals surface area (Å²) in [7, 11) is 0. The second kappa shape index (κ2) is 4.10. The Morgan fingerprint density at radius 2 is 1.93 bits per heavy atom. The number of rotatable bonds is 2. The van der Waals surface area contributed by atoms with E-state index < -0.39 is 0 Å². The molecule has 2 rings (SSSR count). The van der Waals surface area contributed by atoms with Crippen molar-refractivity contribution in [2.24, 2.45) is 5.73 Å². The number of benzene rings is 1. The quantitative estimate of drug-likeness (QED) is 0.763. The summed E-state index contributed by atoms with van der Waals surface area (Å²) in [6.07, 6.45) is 1.58. The maximum absolute atomic E-state index is 5.43. The molecule has 5 heteroatoms. The highest BCUT2D eigenvalue weighted by atomic mass is 32.1. The first-order valence-corrected chi connectivity index (χ1v) is 4.73. The summed E-state index contributed by atoms with van der Waals surface area (Å²) in [5.41, 5.74) is 7.11. The van der Waals surface area contributed by atoms with Gasteiger partial charge < -0.3 is 5.73 Å². The Labute approximate surface area is 92.2 Å². The second-order valence-electron chi connectivity index (χ2n) is 2.90. The summed E-state index contributed by atoms with van der Waals surface area (Å²) in [6, 6.07) is 9.67. The van der Waals surface area contributed by atoms with Crippen LogP contribution < -0.4 is 5.73 Å². The SMILES string of the molecule is NC(=S)c1nncc(-c2ccccc2)n1.